The Morgan fingerprint density at radius 2 is 1.81 bits per heavy atom. The number of hydrogen-bond donors (Lipinski definition) is 1. The quantitative estimate of drug-likeness (QED) is 0.799. The van der Waals surface area contributed by atoms with Crippen LogP contribution in [-0.4, -0.2) is 27.9 Å². The molecule has 0 saturated heterocycles. The Morgan fingerprint density at radius 1 is 1.19 bits per heavy atom. The van der Waals surface area contributed by atoms with Gasteiger partial charge in [-0.25, -0.2) is 4.79 Å². The minimum Gasteiger partial charge on any atom is -0.480 e. The molecule has 1 aromatic rings. The van der Waals surface area contributed by atoms with E-state index in [2.05, 4.69) is 0 Å². The third kappa shape index (κ3) is 5.21. The molecule has 1 N–H and O–H groups in total. The van der Waals surface area contributed by atoms with Crippen LogP contribution in [0.25, 0.3) is 0 Å². The van der Waals surface area contributed by atoms with E-state index in [0.29, 0.717) is 13.0 Å². The number of amides is 1. The number of carboxylic acids is 1. The van der Waals surface area contributed by atoms with Gasteiger partial charge in [-0.2, -0.15) is 0 Å². The van der Waals surface area contributed by atoms with Crippen LogP contribution in [0.15, 0.2) is 30.3 Å². The molecule has 0 spiro atoms. The van der Waals surface area contributed by atoms with Crippen LogP contribution in [0.4, 0.5) is 0 Å². The molecule has 0 radical (unpaired) electrons. The topological polar surface area (TPSA) is 57.6 Å². The summed E-state index contributed by atoms with van der Waals surface area (Å²) in [4.78, 5) is 25.5. The first kappa shape index (κ1) is 17.2. The van der Waals surface area contributed by atoms with Crippen molar-refractivity contribution in [1.29, 1.82) is 0 Å². The molecule has 116 valence electrons. The summed E-state index contributed by atoms with van der Waals surface area (Å²) in [6, 6.07) is 8.78. The van der Waals surface area contributed by atoms with Gasteiger partial charge in [0, 0.05) is 12.5 Å². The number of carbonyl (C=O) groups is 2. The minimum atomic E-state index is -0.923. The maximum atomic E-state index is 12.4. The molecule has 1 rings (SSSR count). The van der Waals surface area contributed by atoms with Gasteiger partial charge in [0.1, 0.15) is 6.04 Å². The zero-order valence-electron chi connectivity index (χ0n) is 13.1. The smallest absolute Gasteiger partial charge is 0.326 e. The van der Waals surface area contributed by atoms with Gasteiger partial charge >= 0.3 is 5.97 Å². The van der Waals surface area contributed by atoms with E-state index in [4.69, 9.17) is 0 Å². The fourth-order valence-corrected chi connectivity index (χ4v) is 2.26. The van der Waals surface area contributed by atoms with E-state index in [1.165, 1.54) is 4.90 Å². The Balaban J connectivity index is 2.99. The second-order valence-corrected chi connectivity index (χ2v) is 5.60. The summed E-state index contributed by atoms with van der Waals surface area (Å²) >= 11 is 0. The fraction of sp³-hybridized carbons (Fsp3) is 0.529. The van der Waals surface area contributed by atoms with Crippen LogP contribution in [0.3, 0.4) is 0 Å². The Labute approximate surface area is 126 Å². The highest BCUT2D eigenvalue weighted by molar-refractivity contribution is 5.84. The van der Waals surface area contributed by atoms with Gasteiger partial charge in [0.15, 0.2) is 0 Å². The zero-order chi connectivity index (χ0) is 15.8. The van der Waals surface area contributed by atoms with Crippen molar-refractivity contribution in [3.63, 3.8) is 0 Å². The van der Waals surface area contributed by atoms with Gasteiger partial charge in [-0.1, -0.05) is 63.9 Å². The average Bonchev–Trinajstić information content (AvgIpc) is 2.46. The lowest BCUT2D eigenvalue weighted by atomic mass is 10.0. The average molecular weight is 291 g/mol. The number of rotatable bonds is 8. The maximum absolute atomic E-state index is 12.4. The van der Waals surface area contributed by atoms with Crippen molar-refractivity contribution < 1.29 is 14.7 Å². The number of benzene rings is 1. The van der Waals surface area contributed by atoms with Crippen molar-refractivity contribution in [2.75, 3.05) is 0 Å². The summed E-state index contributed by atoms with van der Waals surface area (Å²) in [6.45, 7) is 5.97. The van der Waals surface area contributed by atoms with Crippen molar-refractivity contribution in [3.8, 4) is 0 Å². The van der Waals surface area contributed by atoms with Gasteiger partial charge in [0.2, 0.25) is 5.91 Å². The molecule has 0 aliphatic carbocycles. The van der Waals surface area contributed by atoms with Crippen LogP contribution < -0.4 is 0 Å². The Bertz CT molecular complexity index is 456. The first-order chi connectivity index (χ1) is 9.97. The largest absolute Gasteiger partial charge is 0.480 e. The molecule has 1 atom stereocenters. The molecule has 0 bridgehead atoms. The molecule has 1 unspecified atom stereocenters. The highest BCUT2D eigenvalue weighted by Crippen LogP contribution is 2.17. The van der Waals surface area contributed by atoms with Crippen LogP contribution >= 0.6 is 0 Å². The molecule has 0 aliphatic heterocycles. The highest BCUT2D eigenvalue weighted by atomic mass is 16.4. The van der Waals surface area contributed by atoms with Crippen LogP contribution in [0.2, 0.25) is 0 Å². The number of carbonyl (C=O) groups excluding carboxylic acids is 1. The zero-order valence-corrected chi connectivity index (χ0v) is 13.1. The number of nitrogens with zero attached hydrogens (tertiary/aromatic N) is 1. The molecule has 1 amide bonds. The van der Waals surface area contributed by atoms with E-state index in [0.717, 1.165) is 18.4 Å². The summed E-state index contributed by atoms with van der Waals surface area (Å²) in [5, 5.41) is 9.49. The molecule has 0 fully saturated rings. The fourth-order valence-electron chi connectivity index (χ4n) is 2.26. The number of aliphatic carboxylic acids is 1. The van der Waals surface area contributed by atoms with E-state index in [9.17, 15) is 14.7 Å². The summed E-state index contributed by atoms with van der Waals surface area (Å²) in [6.07, 6.45) is 2.21. The molecular weight excluding hydrogens is 266 g/mol. The van der Waals surface area contributed by atoms with Crippen molar-refractivity contribution in [1.82, 2.24) is 4.90 Å². The third-order valence-corrected chi connectivity index (χ3v) is 3.47. The second kappa shape index (κ2) is 8.45. The first-order valence-electron chi connectivity index (χ1n) is 7.54. The summed E-state index contributed by atoms with van der Waals surface area (Å²) < 4.78 is 0. The van der Waals surface area contributed by atoms with Crippen LogP contribution in [0, 0.1) is 5.92 Å². The number of carboxylic acid groups (broad SMARTS) is 1. The van der Waals surface area contributed by atoms with E-state index in [1.54, 1.807) is 13.8 Å². The molecule has 4 heteroatoms. The van der Waals surface area contributed by atoms with Gasteiger partial charge < -0.3 is 10.0 Å². The molecule has 0 saturated carbocycles. The predicted molar refractivity (Wildman–Crippen MR) is 82.8 cm³/mol. The predicted octanol–water partition coefficient (Wildman–Crippen LogP) is 3.31. The lowest BCUT2D eigenvalue weighted by Gasteiger charge is -2.30. The molecule has 4 nitrogen and oxygen atoms in total. The minimum absolute atomic E-state index is 0.109. The van der Waals surface area contributed by atoms with Gasteiger partial charge in [-0.3, -0.25) is 4.79 Å². The SMILES string of the molecule is CCCCC(C(=O)O)N(Cc1ccccc1)C(=O)C(C)C. The number of hydrogen-bond acceptors (Lipinski definition) is 2. The summed E-state index contributed by atoms with van der Waals surface area (Å²) in [7, 11) is 0. The monoisotopic (exact) mass is 291 g/mol. The van der Waals surface area contributed by atoms with Crippen LogP contribution in [0.5, 0.6) is 0 Å². The van der Waals surface area contributed by atoms with E-state index >= 15 is 0 Å². The highest BCUT2D eigenvalue weighted by Gasteiger charge is 2.30. The molecule has 0 heterocycles. The molecule has 21 heavy (non-hydrogen) atoms. The van der Waals surface area contributed by atoms with Crippen LogP contribution in [0.1, 0.15) is 45.6 Å². The molecule has 0 aromatic heterocycles. The number of unbranched alkanes of at least 4 members (excludes halogenated alkanes) is 1. The Kier molecular flexibility index (Phi) is 6.92. The van der Waals surface area contributed by atoms with Gasteiger partial charge in [0.05, 0.1) is 0 Å². The lowest BCUT2D eigenvalue weighted by Crippen LogP contribution is -2.46. The standard InChI is InChI=1S/C17H25NO3/c1-4-5-11-15(17(20)21)18(16(19)13(2)3)12-14-9-7-6-8-10-14/h6-10,13,15H,4-5,11-12H2,1-3H3,(H,20,21). The van der Waals surface area contributed by atoms with E-state index in [-0.39, 0.29) is 11.8 Å². The van der Waals surface area contributed by atoms with Gasteiger partial charge in [0.25, 0.3) is 0 Å². The van der Waals surface area contributed by atoms with E-state index in [1.807, 2.05) is 37.3 Å². The van der Waals surface area contributed by atoms with Gasteiger partial charge in [-0.05, 0) is 12.0 Å². The van der Waals surface area contributed by atoms with E-state index < -0.39 is 12.0 Å². The van der Waals surface area contributed by atoms with Crippen molar-refractivity contribution in [2.45, 2.75) is 52.6 Å². The Hall–Kier alpha value is -1.84. The van der Waals surface area contributed by atoms with Crippen LogP contribution in [-0.2, 0) is 16.1 Å². The normalized spacial score (nSPS) is 12.2. The molecule has 1 aromatic carbocycles. The lowest BCUT2D eigenvalue weighted by molar-refractivity contribution is -0.152. The van der Waals surface area contributed by atoms with Gasteiger partial charge in [-0.15, -0.1) is 0 Å². The first-order valence-corrected chi connectivity index (χ1v) is 7.54. The summed E-state index contributed by atoms with van der Waals surface area (Å²) in [5.41, 5.74) is 0.953. The Morgan fingerprint density at radius 3 is 2.29 bits per heavy atom. The van der Waals surface area contributed by atoms with Crippen molar-refractivity contribution in [2.24, 2.45) is 5.92 Å². The maximum Gasteiger partial charge on any atom is 0.326 e. The second-order valence-electron chi connectivity index (χ2n) is 5.60. The summed E-state index contributed by atoms with van der Waals surface area (Å²) in [5.74, 6) is -1.24. The van der Waals surface area contributed by atoms with Crippen molar-refractivity contribution >= 4 is 11.9 Å². The third-order valence-electron chi connectivity index (χ3n) is 3.47. The molecular formula is C17H25NO3. The van der Waals surface area contributed by atoms with Crippen molar-refractivity contribution in [3.05, 3.63) is 35.9 Å². The molecule has 0 aliphatic rings.